The van der Waals surface area contributed by atoms with Gasteiger partial charge in [-0.2, -0.15) is 8.42 Å². The highest BCUT2D eigenvalue weighted by molar-refractivity contribution is 7.85. The van der Waals surface area contributed by atoms with Gasteiger partial charge in [0.15, 0.2) is 0 Å². The molecular formula is C22H46N2O6S. The second-order valence-corrected chi connectivity index (χ2v) is 9.73. The second-order valence-electron chi connectivity index (χ2n) is 8.16. The van der Waals surface area contributed by atoms with Crippen molar-refractivity contribution in [3.05, 3.63) is 0 Å². The maximum atomic E-state index is 10.8. The van der Waals surface area contributed by atoms with Crippen molar-refractivity contribution < 1.29 is 32.1 Å². The second kappa shape index (κ2) is 19.5. The molecule has 0 aromatic heterocycles. The van der Waals surface area contributed by atoms with E-state index in [-0.39, 0.29) is 13.0 Å². The topological polar surface area (TPSA) is 124 Å². The van der Waals surface area contributed by atoms with Gasteiger partial charge in [-0.05, 0) is 32.1 Å². The minimum atomic E-state index is -4.09. The van der Waals surface area contributed by atoms with Crippen LogP contribution in [0.3, 0.4) is 0 Å². The number of aliphatic carboxylic acids is 1. The van der Waals surface area contributed by atoms with Crippen LogP contribution in [0.25, 0.3) is 0 Å². The number of carboxylic acid groups (broad SMARTS) is 1. The van der Waals surface area contributed by atoms with Crippen molar-refractivity contribution in [3.63, 3.8) is 0 Å². The molecule has 2 N–H and O–H groups in total. The van der Waals surface area contributed by atoms with Crippen molar-refractivity contribution in [2.24, 2.45) is 0 Å². The lowest BCUT2D eigenvalue weighted by Crippen LogP contribution is -2.50. The number of hydrogen-bond donors (Lipinski definition) is 2. The van der Waals surface area contributed by atoms with Crippen molar-refractivity contribution in [2.45, 2.75) is 91.9 Å². The van der Waals surface area contributed by atoms with Crippen LogP contribution in [0.5, 0.6) is 0 Å². The maximum absolute atomic E-state index is 10.8. The van der Waals surface area contributed by atoms with Gasteiger partial charge in [-0.15, -0.1) is 0 Å². The summed E-state index contributed by atoms with van der Waals surface area (Å²) in [6.07, 6.45) is 10.4. The number of carboxylic acids is 1. The Morgan fingerprint density at radius 3 is 1.48 bits per heavy atom. The van der Waals surface area contributed by atoms with Crippen molar-refractivity contribution in [3.8, 4) is 0 Å². The predicted octanol–water partition coefficient (Wildman–Crippen LogP) is 2.52. The number of carbonyl (C=O) groups excluding carboxylic acids is 2. The van der Waals surface area contributed by atoms with Crippen LogP contribution in [0.1, 0.15) is 91.9 Å². The van der Waals surface area contributed by atoms with Crippen LogP contribution in [-0.4, -0.2) is 67.8 Å². The van der Waals surface area contributed by atoms with Crippen LogP contribution < -0.4 is 10.4 Å². The molecule has 8 nitrogen and oxygen atoms in total. The normalized spacial score (nSPS) is 11.5. The molecule has 1 amide bonds. The van der Waals surface area contributed by atoms with E-state index >= 15 is 0 Å². The van der Waals surface area contributed by atoms with E-state index in [2.05, 4.69) is 33.0 Å². The van der Waals surface area contributed by atoms with E-state index < -0.39 is 34.2 Å². The highest BCUT2D eigenvalue weighted by Gasteiger charge is 2.24. The molecule has 0 atom stereocenters. The van der Waals surface area contributed by atoms with Crippen LogP contribution in [0.15, 0.2) is 0 Å². The van der Waals surface area contributed by atoms with E-state index in [0.29, 0.717) is 0 Å². The molecule has 0 aromatic rings. The summed E-state index contributed by atoms with van der Waals surface area (Å²) in [5, 5.41) is 12.0. The van der Waals surface area contributed by atoms with Crippen molar-refractivity contribution in [1.29, 1.82) is 0 Å². The van der Waals surface area contributed by atoms with Crippen LogP contribution in [0, 0.1) is 0 Å². The van der Waals surface area contributed by atoms with Gasteiger partial charge in [-0.1, -0.05) is 53.4 Å². The number of rotatable bonds is 18. The number of nitrogens with one attached hydrogen (secondary N) is 1. The summed E-state index contributed by atoms with van der Waals surface area (Å²) >= 11 is 0. The summed E-state index contributed by atoms with van der Waals surface area (Å²) in [7, 11) is -4.09. The van der Waals surface area contributed by atoms with Crippen LogP contribution >= 0.6 is 0 Å². The molecule has 0 aliphatic carbocycles. The molecule has 9 heteroatoms. The zero-order chi connectivity index (χ0) is 24.2. The summed E-state index contributed by atoms with van der Waals surface area (Å²) in [5.41, 5.74) is 0. The molecule has 31 heavy (non-hydrogen) atoms. The van der Waals surface area contributed by atoms with Crippen molar-refractivity contribution in [2.75, 3.05) is 38.5 Å². The smallest absolute Gasteiger partial charge is 0.266 e. The summed E-state index contributed by atoms with van der Waals surface area (Å²) in [6.45, 7) is 14.8. The number of nitrogens with zero attached hydrogens (tertiary/aromatic N) is 1. The number of amides is 1. The summed E-state index contributed by atoms with van der Waals surface area (Å²) in [4.78, 5) is 20.7. The third-order valence-corrected chi connectivity index (χ3v) is 5.90. The Labute approximate surface area is 190 Å². The number of carbonyl (C=O) groups is 2. The zero-order valence-electron chi connectivity index (χ0n) is 20.2. The van der Waals surface area contributed by atoms with Gasteiger partial charge >= 0.3 is 0 Å². The lowest BCUT2D eigenvalue weighted by molar-refractivity contribution is -0.929. The van der Waals surface area contributed by atoms with Crippen LogP contribution in [0.2, 0.25) is 0 Å². The average molecular weight is 467 g/mol. The largest absolute Gasteiger partial charge is 0.550 e. The first-order valence-corrected chi connectivity index (χ1v) is 13.4. The fraction of sp³-hybridized carbons (Fsp3) is 0.909. The maximum Gasteiger partial charge on any atom is 0.266 e. The van der Waals surface area contributed by atoms with Crippen molar-refractivity contribution >= 4 is 22.0 Å². The molecule has 0 fully saturated rings. The quantitative estimate of drug-likeness (QED) is 0.236. The third kappa shape index (κ3) is 21.8. The minimum absolute atomic E-state index is 0.245. The van der Waals surface area contributed by atoms with Crippen LogP contribution in [-0.2, 0) is 19.7 Å². The Morgan fingerprint density at radius 1 is 0.806 bits per heavy atom. The van der Waals surface area contributed by atoms with E-state index in [0.717, 1.165) is 0 Å². The first-order valence-electron chi connectivity index (χ1n) is 11.8. The third-order valence-electron chi connectivity index (χ3n) is 5.18. The fourth-order valence-corrected chi connectivity index (χ4v) is 3.63. The van der Waals surface area contributed by atoms with Gasteiger partial charge < -0.3 is 19.7 Å². The zero-order valence-corrected chi connectivity index (χ0v) is 21.0. The van der Waals surface area contributed by atoms with E-state index in [1.54, 1.807) is 0 Å². The highest BCUT2D eigenvalue weighted by atomic mass is 32.2. The Morgan fingerprint density at radius 2 is 1.19 bits per heavy atom. The molecule has 0 saturated carbocycles. The van der Waals surface area contributed by atoms with Crippen LogP contribution in [0.4, 0.5) is 0 Å². The summed E-state index contributed by atoms with van der Waals surface area (Å²) in [5.74, 6) is -2.54. The Balaban J connectivity index is 0. The molecule has 0 rings (SSSR count). The number of hydrogen-bond acceptors (Lipinski definition) is 5. The molecule has 0 spiro atoms. The van der Waals surface area contributed by atoms with Gasteiger partial charge in [0.2, 0.25) is 5.91 Å². The van der Waals surface area contributed by atoms with Gasteiger partial charge in [-0.25, -0.2) is 0 Å². The van der Waals surface area contributed by atoms with Gasteiger partial charge in [0.05, 0.1) is 31.9 Å². The highest BCUT2D eigenvalue weighted by Crippen LogP contribution is 2.16. The monoisotopic (exact) mass is 466 g/mol. The minimum Gasteiger partial charge on any atom is -0.550 e. The number of quaternary nitrogens is 1. The van der Waals surface area contributed by atoms with Crippen molar-refractivity contribution in [1.82, 2.24) is 5.32 Å². The average Bonchev–Trinajstić information content (AvgIpc) is 2.70. The van der Waals surface area contributed by atoms with E-state index in [9.17, 15) is 23.1 Å². The summed E-state index contributed by atoms with van der Waals surface area (Å²) < 4.78 is 30.0. The molecule has 0 aromatic carbocycles. The molecule has 0 unspecified atom stereocenters. The van der Waals surface area contributed by atoms with E-state index in [1.165, 1.54) is 82.0 Å². The Bertz CT molecular complexity index is 529. The number of unbranched alkanes of at least 4 members (excludes halogenated alkanes) is 4. The fourth-order valence-electron chi connectivity index (χ4n) is 3.27. The van der Waals surface area contributed by atoms with Gasteiger partial charge in [-0.3, -0.25) is 9.35 Å². The molecule has 0 aliphatic rings. The Kier molecular flexibility index (Phi) is 20.1. The van der Waals surface area contributed by atoms with E-state index in [1.807, 2.05) is 0 Å². The standard InChI is InChI=1S/C16H36N.C6H11NO6S/c1-5-9-13-17(14-10-6-2,15-11-7-3)16-12-8-4;8-5(1-2-6(9)10)7-3-4-14(11,12)13/h5-16H2,1-4H3;1-4H2,(H,7,8)(H,9,10)(H,11,12,13)/q+1;/p-1. The SMILES string of the molecule is CCCC[N+](CCCC)(CCCC)CCCC.O=C([O-])CCC(=O)NCCS(=O)(=O)O. The van der Waals surface area contributed by atoms with E-state index in [4.69, 9.17) is 4.55 Å². The lowest BCUT2D eigenvalue weighted by atomic mass is 10.1. The molecule has 186 valence electrons. The first-order chi connectivity index (χ1) is 14.6. The van der Waals surface area contributed by atoms with Gasteiger partial charge in [0.1, 0.15) is 0 Å². The Hall–Kier alpha value is -1.19. The molecule has 0 aliphatic heterocycles. The lowest BCUT2D eigenvalue weighted by Gasteiger charge is -2.39. The van der Waals surface area contributed by atoms with Gasteiger partial charge in [0.25, 0.3) is 10.1 Å². The molecule has 0 bridgehead atoms. The predicted molar refractivity (Wildman–Crippen MR) is 123 cm³/mol. The summed E-state index contributed by atoms with van der Waals surface area (Å²) in [6, 6.07) is 0. The molecule has 0 heterocycles. The first kappa shape index (κ1) is 32.0. The van der Waals surface area contributed by atoms with Gasteiger partial charge in [0, 0.05) is 18.9 Å². The molecular weight excluding hydrogens is 420 g/mol. The molecule has 0 radical (unpaired) electrons. The molecule has 0 saturated heterocycles.